The first kappa shape index (κ1) is 19.6. The molecule has 0 saturated heterocycles. The van der Waals surface area contributed by atoms with Gasteiger partial charge in [-0.05, 0) is 36.4 Å². The van der Waals surface area contributed by atoms with E-state index in [0.29, 0.717) is 39.2 Å². The number of para-hydroxylation sites is 2. The third-order valence-electron chi connectivity index (χ3n) is 3.87. The first-order valence-corrected chi connectivity index (χ1v) is 10.9. The summed E-state index contributed by atoms with van der Waals surface area (Å²) in [5, 5.41) is 3.62. The molecule has 6 nitrogen and oxygen atoms in total. The number of carbonyl (C=O) groups excluding carboxylic acids is 1. The molecule has 142 valence electrons. The molecule has 0 atom stereocenters. The fourth-order valence-corrected chi connectivity index (χ4v) is 4.76. The Morgan fingerprint density at radius 1 is 1.07 bits per heavy atom. The molecule has 1 heterocycles. The van der Waals surface area contributed by atoms with E-state index in [1.54, 1.807) is 36.0 Å². The average Bonchev–Trinajstić information content (AvgIpc) is 3.11. The molecule has 0 bridgehead atoms. The summed E-state index contributed by atoms with van der Waals surface area (Å²) in [4.78, 5) is 12.0. The monoisotopic (exact) mass is 424 g/mol. The molecule has 2 N–H and O–H groups in total. The van der Waals surface area contributed by atoms with Gasteiger partial charge in [-0.25, -0.2) is 13.2 Å². The smallest absolute Gasteiger partial charge is 0.336 e. The SMILES string of the molecule is COC(=O)C1=C(Nc2ccccc2NS(=O)(=O)c2ccc(Cl)cc2)CSC1. The molecule has 2 aromatic carbocycles. The first-order valence-electron chi connectivity index (χ1n) is 7.93. The standard InChI is InChI=1S/C18H17ClN2O4S2/c1-25-18(22)14-10-26-11-17(14)20-15-4-2-3-5-16(15)21-27(23,24)13-8-6-12(19)7-9-13/h2-9,20-21H,10-11H2,1H3. The fraction of sp³-hybridized carbons (Fsp3) is 0.167. The highest BCUT2D eigenvalue weighted by Gasteiger charge is 2.23. The molecule has 0 aliphatic carbocycles. The Kier molecular flexibility index (Phi) is 5.98. The second-order valence-electron chi connectivity index (χ2n) is 5.67. The van der Waals surface area contributed by atoms with Gasteiger partial charge in [0.05, 0.1) is 29.0 Å². The van der Waals surface area contributed by atoms with Crippen LogP contribution >= 0.6 is 23.4 Å². The van der Waals surface area contributed by atoms with E-state index in [1.165, 1.54) is 31.4 Å². The third-order valence-corrected chi connectivity index (χ3v) is 6.49. The van der Waals surface area contributed by atoms with Crippen LogP contribution in [0.15, 0.2) is 64.7 Å². The zero-order valence-corrected chi connectivity index (χ0v) is 16.7. The summed E-state index contributed by atoms with van der Waals surface area (Å²) in [6, 6.07) is 12.8. The van der Waals surface area contributed by atoms with Gasteiger partial charge in [-0.15, -0.1) is 0 Å². The number of hydrogen-bond donors (Lipinski definition) is 2. The number of anilines is 2. The van der Waals surface area contributed by atoms with E-state index in [9.17, 15) is 13.2 Å². The molecule has 1 aliphatic heterocycles. The van der Waals surface area contributed by atoms with E-state index in [2.05, 4.69) is 10.0 Å². The van der Waals surface area contributed by atoms with Crippen LogP contribution in [0.25, 0.3) is 0 Å². The Labute approximate surface area is 167 Å². The number of carbonyl (C=O) groups is 1. The van der Waals surface area contributed by atoms with E-state index >= 15 is 0 Å². The average molecular weight is 425 g/mol. The van der Waals surface area contributed by atoms with Gasteiger partial charge in [-0.1, -0.05) is 23.7 Å². The van der Waals surface area contributed by atoms with Crippen LogP contribution in [0.2, 0.25) is 5.02 Å². The zero-order valence-electron chi connectivity index (χ0n) is 14.4. The van der Waals surface area contributed by atoms with Gasteiger partial charge in [0.2, 0.25) is 0 Å². The molecule has 0 amide bonds. The topological polar surface area (TPSA) is 84.5 Å². The molecule has 3 rings (SSSR count). The maximum Gasteiger partial charge on any atom is 0.336 e. The van der Waals surface area contributed by atoms with Crippen LogP contribution in [0.3, 0.4) is 0 Å². The highest BCUT2D eigenvalue weighted by atomic mass is 35.5. The van der Waals surface area contributed by atoms with Gasteiger partial charge in [0.15, 0.2) is 0 Å². The van der Waals surface area contributed by atoms with Crippen LogP contribution in [-0.4, -0.2) is 33.0 Å². The van der Waals surface area contributed by atoms with Crippen molar-refractivity contribution in [1.29, 1.82) is 0 Å². The van der Waals surface area contributed by atoms with Gasteiger partial charge in [-0.2, -0.15) is 11.8 Å². The van der Waals surface area contributed by atoms with Crippen molar-refractivity contribution in [1.82, 2.24) is 0 Å². The second-order valence-corrected chi connectivity index (χ2v) is 8.78. The molecule has 27 heavy (non-hydrogen) atoms. The van der Waals surface area contributed by atoms with Crippen molar-refractivity contribution in [2.24, 2.45) is 0 Å². The van der Waals surface area contributed by atoms with Crippen molar-refractivity contribution in [3.8, 4) is 0 Å². The van der Waals surface area contributed by atoms with E-state index < -0.39 is 10.0 Å². The fourth-order valence-electron chi connectivity index (χ4n) is 2.51. The molecule has 0 unspecified atom stereocenters. The van der Waals surface area contributed by atoms with Crippen molar-refractivity contribution < 1.29 is 17.9 Å². The molecule has 1 aliphatic rings. The summed E-state index contributed by atoms with van der Waals surface area (Å²) in [6.07, 6.45) is 0. The van der Waals surface area contributed by atoms with E-state index in [4.69, 9.17) is 16.3 Å². The van der Waals surface area contributed by atoms with Gasteiger partial charge < -0.3 is 10.1 Å². The summed E-state index contributed by atoms with van der Waals surface area (Å²) < 4.78 is 32.7. The maximum absolute atomic E-state index is 12.6. The number of halogens is 1. The maximum atomic E-state index is 12.6. The normalized spacial score (nSPS) is 14.1. The van der Waals surface area contributed by atoms with Gasteiger partial charge in [0, 0.05) is 22.2 Å². The van der Waals surface area contributed by atoms with Crippen LogP contribution in [0, 0.1) is 0 Å². The van der Waals surface area contributed by atoms with Crippen LogP contribution in [0.1, 0.15) is 0 Å². The summed E-state index contributed by atoms with van der Waals surface area (Å²) in [5.74, 6) is 0.776. The summed E-state index contributed by atoms with van der Waals surface area (Å²) in [6.45, 7) is 0. The lowest BCUT2D eigenvalue weighted by Gasteiger charge is -2.15. The lowest BCUT2D eigenvalue weighted by molar-refractivity contribution is -0.136. The molecule has 0 fully saturated rings. The number of rotatable bonds is 6. The number of hydrogen-bond acceptors (Lipinski definition) is 6. The van der Waals surface area contributed by atoms with Gasteiger partial charge >= 0.3 is 5.97 Å². The van der Waals surface area contributed by atoms with Gasteiger partial charge in [0.1, 0.15) is 0 Å². The quantitative estimate of drug-likeness (QED) is 0.687. The zero-order chi connectivity index (χ0) is 19.4. The molecule has 9 heteroatoms. The Morgan fingerprint density at radius 2 is 1.74 bits per heavy atom. The number of thioether (sulfide) groups is 1. The number of methoxy groups -OCH3 is 1. The first-order chi connectivity index (χ1) is 12.9. The number of esters is 1. The minimum atomic E-state index is -3.78. The lowest BCUT2D eigenvalue weighted by Crippen LogP contribution is -2.15. The van der Waals surface area contributed by atoms with E-state index in [-0.39, 0.29) is 10.9 Å². The third kappa shape index (κ3) is 4.58. The summed E-state index contributed by atoms with van der Waals surface area (Å²) in [7, 11) is -2.44. The minimum Gasteiger partial charge on any atom is -0.466 e. The van der Waals surface area contributed by atoms with Crippen LogP contribution in [-0.2, 0) is 19.6 Å². The lowest BCUT2D eigenvalue weighted by atomic mass is 10.2. The molecule has 2 aromatic rings. The Bertz CT molecular complexity index is 989. The Hall–Kier alpha value is -2.16. The predicted molar refractivity (Wildman–Crippen MR) is 109 cm³/mol. The highest BCUT2D eigenvalue weighted by molar-refractivity contribution is 8.00. The molecule has 0 spiro atoms. The van der Waals surface area contributed by atoms with Crippen molar-refractivity contribution in [3.63, 3.8) is 0 Å². The molecular formula is C18H17ClN2O4S2. The summed E-state index contributed by atoms with van der Waals surface area (Å²) >= 11 is 7.41. The van der Waals surface area contributed by atoms with Crippen molar-refractivity contribution >= 4 is 50.7 Å². The number of benzene rings is 2. The predicted octanol–water partition coefficient (Wildman–Crippen LogP) is 3.73. The molecule has 0 radical (unpaired) electrons. The van der Waals surface area contributed by atoms with Crippen LogP contribution < -0.4 is 10.0 Å². The molecular weight excluding hydrogens is 408 g/mol. The second kappa shape index (κ2) is 8.24. The van der Waals surface area contributed by atoms with Crippen LogP contribution in [0.5, 0.6) is 0 Å². The minimum absolute atomic E-state index is 0.104. The number of sulfonamides is 1. The van der Waals surface area contributed by atoms with Crippen molar-refractivity contribution in [3.05, 3.63) is 64.8 Å². The van der Waals surface area contributed by atoms with Gasteiger partial charge in [-0.3, -0.25) is 4.72 Å². The van der Waals surface area contributed by atoms with Crippen molar-refractivity contribution in [2.75, 3.05) is 28.7 Å². The number of nitrogens with one attached hydrogen (secondary N) is 2. The van der Waals surface area contributed by atoms with E-state index in [1.807, 2.05) is 0 Å². The Balaban J connectivity index is 1.88. The van der Waals surface area contributed by atoms with Gasteiger partial charge in [0.25, 0.3) is 10.0 Å². The molecule has 0 saturated carbocycles. The molecule has 0 aromatic heterocycles. The highest BCUT2D eigenvalue weighted by Crippen LogP contribution is 2.31. The largest absolute Gasteiger partial charge is 0.466 e. The number of ether oxygens (including phenoxy) is 1. The van der Waals surface area contributed by atoms with Crippen molar-refractivity contribution in [2.45, 2.75) is 4.90 Å². The Morgan fingerprint density at radius 3 is 2.41 bits per heavy atom. The summed E-state index contributed by atoms with van der Waals surface area (Å²) in [5.41, 5.74) is 2.19. The van der Waals surface area contributed by atoms with Crippen LogP contribution in [0.4, 0.5) is 11.4 Å². The van der Waals surface area contributed by atoms with E-state index in [0.717, 1.165) is 0 Å².